The topological polar surface area (TPSA) is 44.9 Å². The lowest BCUT2D eigenvalue weighted by Crippen LogP contribution is -2.29. The van der Waals surface area contributed by atoms with Gasteiger partial charge in [-0.25, -0.2) is 4.39 Å². The minimum Gasteiger partial charge on any atom is -0.361 e. The van der Waals surface area contributed by atoms with E-state index in [2.05, 4.69) is 16.4 Å². The second-order valence-corrected chi connectivity index (χ2v) is 7.61. The molecule has 2 aromatic carbocycles. The fourth-order valence-electron chi connectivity index (χ4n) is 3.20. The zero-order valence-corrected chi connectivity index (χ0v) is 15.8. The average molecular weight is 399 g/mol. The van der Waals surface area contributed by atoms with Crippen molar-refractivity contribution in [2.75, 3.05) is 6.54 Å². The standard InChI is InChI=1S/C21H16ClFN2OS/c22-13-7-8-18(23)15(10-13)21(26)25-12-17(20-6-3-9-27-20)16-11-24-19-5-2-1-4-14(16)19/h1-11,17,24H,12H2,(H,25,26). The van der Waals surface area contributed by atoms with Crippen molar-refractivity contribution in [2.24, 2.45) is 0 Å². The van der Waals surface area contributed by atoms with E-state index in [-0.39, 0.29) is 11.5 Å². The fourth-order valence-corrected chi connectivity index (χ4v) is 4.22. The molecule has 0 saturated carbocycles. The van der Waals surface area contributed by atoms with Crippen molar-refractivity contribution in [3.63, 3.8) is 0 Å². The quantitative estimate of drug-likeness (QED) is 0.452. The van der Waals surface area contributed by atoms with Crippen molar-refractivity contribution in [1.29, 1.82) is 0 Å². The van der Waals surface area contributed by atoms with Crippen LogP contribution in [0, 0.1) is 5.82 Å². The molecular weight excluding hydrogens is 383 g/mol. The second-order valence-electron chi connectivity index (χ2n) is 6.19. The van der Waals surface area contributed by atoms with Crippen molar-refractivity contribution in [2.45, 2.75) is 5.92 Å². The first kappa shape index (κ1) is 17.8. The molecule has 4 rings (SSSR count). The number of rotatable bonds is 5. The molecule has 136 valence electrons. The number of amides is 1. The molecule has 0 radical (unpaired) electrons. The number of fused-ring (bicyclic) bond motifs is 1. The predicted octanol–water partition coefficient (Wildman–Crippen LogP) is 5.58. The van der Waals surface area contributed by atoms with E-state index in [1.54, 1.807) is 11.3 Å². The first-order valence-electron chi connectivity index (χ1n) is 8.46. The molecule has 0 aliphatic rings. The minimum absolute atomic E-state index is 0.0349. The number of H-pyrrole nitrogens is 1. The Hall–Kier alpha value is -2.63. The Morgan fingerprint density at radius 1 is 1.19 bits per heavy atom. The van der Waals surface area contributed by atoms with Crippen LogP contribution in [0.2, 0.25) is 5.02 Å². The third kappa shape index (κ3) is 3.61. The summed E-state index contributed by atoms with van der Waals surface area (Å²) in [5, 5.41) is 6.31. The summed E-state index contributed by atoms with van der Waals surface area (Å²) in [5.41, 5.74) is 2.09. The van der Waals surface area contributed by atoms with Crippen molar-refractivity contribution in [3.8, 4) is 0 Å². The smallest absolute Gasteiger partial charge is 0.254 e. The maximum Gasteiger partial charge on any atom is 0.254 e. The van der Waals surface area contributed by atoms with E-state index in [0.29, 0.717) is 11.6 Å². The summed E-state index contributed by atoms with van der Waals surface area (Å²) in [6, 6.07) is 16.0. The van der Waals surface area contributed by atoms with E-state index in [0.717, 1.165) is 21.3 Å². The van der Waals surface area contributed by atoms with Crippen molar-refractivity contribution in [1.82, 2.24) is 10.3 Å². The van der Waals surface area contributed by atoms with Crippen LogP contribution in [-0.4, -0.2) is 17.4 Å². The average Bonchev–Trinajstić information content (AvgIpc) is 3.34. The number of carbonyl (C=O) groups is 1. The number of hydrogen-bond donors (Lipinski definition) is 2. The SMILES string of the molecule is O=C(NCC(c1cccs1)c1c[nH]c2ccccc12)c1cc(Cl)ccc1F. The number of halogens is 2. The molecule has 2 N–H and O–H groups in total. The largest absolute Gasteiger partial charge is 0.361 e. The second kappa shape index (κ2) is 7.55. The molecule has 0 saturated heterocycles. The Morgan fingerprint density at radius 3 is 2.85 bits per heavy atom. The van der Waals surface area contributed by atoms with Gasteiger partial charge in [0.05, 0.1) is 5.56 Å². The van der Waals surface area contributed by atoms with Gasteiger partial charge in [0.25, 0.3) is 5.91 Å². The maximum atomic E-state index is 14.0. The van der Waals surface area contributed by atoms with Gasteiger partial charge in [0.2, 0.25) is 0 Å². The number of hydrogen-bond acceptors (Lipinski definition) is 2. The number of para-hydroxylation sites is 1. The third-order valence-electron chi connectivity index (χ3n) is 4.52. The first-order valence-corrected chi connectivity index (χ1v) is 9.72. The summed E-state index contributed by atoms with van der Waals surface area (Å²) < 4.78 is 14.0. The molecule has 2 aromatic heterocycles. The van der Waals surface area contributed by atoms with Gasteiger partial charge in [-0.2, -0.15) is 0 Å². The lowest BCUT2D eigenvalue weighted by molar-refractivity contribution is 0.0948. The summed E-state index contributed by atoms with van der Waals surface area (Å²) in [5.74, 6) is -1.10. The van der Waals surface area contributed by atoms with Crippen LogP contribution in [0.15, 0.2) is 66.2 Å². The lowest BCUT2D eigenvalue weighted by atomic mass is 9.96. The van der Waals surface area contributed by atoms with Gasteiger partial charge in [0.1, 0.15) is 5.82 Å². The lowest BCUT2D eigenvalue weighted by Gasteiger charge is -2.16. The molecule has 0 aliphatic carbocycles. The van der Waals surface area contributed by atoms with Crippen LogP contribution in [0.3, 0.4) is 0 Å². The van der Waals surface area contributed by atoms with Gasteiger partial charge in [-0.3, -0.25) is 4.79 Å². The molecule has 1 amide bonds. The number of aromatic amines is 1. The molecule has 1 atom stereocenters. The Bertz CT molecular complexity index is 1090. The molecule has 6 heteroatoms. The summed E-state index contributed by atoms with van der Waals surface area (Å²) in [7, 11) is 0. The molecule has 4 aromatic rings. The van der Waals surface area contributed by atoms with Crippen LogP contribution in [0.25, 0.3) is 10.9 Å². The molecule has 27 heavy (non-hydrogen) atoms. The van der Waals surface area contributed by atoms with Crippen molar-refractivity contribution < 1.29 is 9.18 Å². The normalized spacial score (nSPS) is 12.2. The zero-order valence-electron chi connectivity index (χ0n) is 14.2. The first-order chi connectivity index (χ1) is 13.1. The van der Waals surface area contributed by atoms with E-state index in [1.807, 2.05) is 41.9 Å². The minimum atomic E-state index is -0.586. The number of nitrogens with one attached hydrogen (secondary N) is 2. The number of aromatic nitrogens is 1. The van der Waals surface area contributed by atoms with E-state index >= 15 is 0 Å². The molecule has 0 bridgehead atoms. The maximum absolute atomic E-state index is 14.0. The van der Waals surface area contributed by atoms with Gasteiger partial charge in [0, 0.05) is 39.5 Å². The highest BCUT2D eigenvalue weighted by Gasteiger charge is 2.21. The van der Waals surface area contributed by atoms with E-state index in [1.165, 1.54) is 18.2 Å². The van der Waals surface area contributed by atoms with E-state index in [9.17, 15) is 9.18 Å². The van der Waals surface area contributed by atoms with Gasteiger partial charge in [0.15, 0.2) is 0 Å². The molecule has 1 unspecified atom stereocenters. The molecule has 0 fully saturated rings. The summed E-state index contributed by atoms with van der Waals surface area (Å²) in [4.78, 5) is 16.9. The third-order valence-corrected chi connectivity index (χ3v) is 5.74. The predicted molar refractivity (Wildman–Crippen MR) is 108 cm³/mol. The molecule has 2 heterocycles. The van der Waals surface area contributed by atoms with Gasteiger partial charge in [-0.1, -0.05) is 35.9 Å². The van der Waals surface area contributed by atoms with E-state index < -0.39 is 11.7 Å². The highest BCUT2D eigenvalue weighted by Crippen LogP contribution is 2.33. The Balaban J connectivity index is 1.63. The Morgan fingerprint density at radius 2 is 2.04 bits per heavy atom. The summed E-state index contributed by atoms with van der Waals surface area (Å²) in [6.45, 7) is 0.354. The monoisotopic (exact) mass is 398 g/mol. The summed E-state index contributed by atoms with van der Waals surface area (Å²) in [6.07, 6.45) is 1.97. The highest BCUT2D eigenvalue weighted by atomic mass is 35.5. The highest BCUT2D eigenvalue weighted by molar-refractivity contribution is 7.10. The number of thiophene rings is 1. The molecule has 0 aliphatic heterocycles. The van der Waals surface area contributed by atoms with Gasteiger partial charge in [-0.05, 0) is 41.3 Å². The van der Waals surface area contributed by atoms with Crippen LogP contribution in [-0.2, 0) is 0 Å². The summed E-state index contributed by atoms with van der Waals surface area (Å²) >= 11 is 7.53. The Labute approximate surface area is 164 Å². The van der Waals surface area contributed by atoms with Crippen LogP contribution >= 0.6 is 22.9 Å². The molecular formula is C21H16ClFN2OS. The zero-order chi connectivity index (χ0) is 18.8. The fraction of sp³-hybridized carbons (Fsp3) is 0.0952. The Kier molecular flexibility index (Phi) is 4.97. The van der Waals surface area contributed by atoms with Crippen LogP contribution < -0.4 is 5.32 Å². The van der Waals surface area contributed by atoms with Gasteiger partial charge < -0.3 is 10.3 Å². The molecule has 3 nitrogen and oxygen atoms in total. The van der Waals surface area contributed by atoms with Gasteiger partial charge >= 0.3 is 0 Å². The van der Waals surface area contributed by atoms with E-state index in [4.69, 9.17) is 11.6 Å². The van der Waals surface area contributed by atoms with Crippen LogP contribution in [0.5, 0.6) is 0 Å². The number of carbonyl (C=O) groups excluding carboxylic acids is 1. The van der Waals surface area contributed by atoms with Gasteiger partial charge in [-0.15, -0.1) is 11.3 Å². The van der Waals surface area contributed by atoms with Crippen molar-refractivity contribution in [3.05, 3.63) is 93.0 Å². The number of benzene rings is 2. The van der Waals surface area contributed by atoms with Crippen molar-refractivity contribution >= 4 is 39.7 Å². The van der Waals surface area contributed by atoms with Crippen LogP contribution in [0.4, 0.5) is 4.39 Å². The van der Waals surface area contributed by atoms with Crippen LogP contribution in [0.1, 0.15) is 26.7 Å². The molecule has 0 spiro atoms.